The van der Waals surface area contributed by atoms with Crippen LogP contribution in [0.2, 0.25) is 0 Å². The van der Waals surface area contributed by atoms with Gasteiger partial charge in [0.25, 0.3) is 0 Å². The third-order valence-corrected chi connectivity index (χ3v) is 0.312. The Balaban J connectivity index is 0. The maximum atomic E-state index is 9.52. The first kappa shape index (κ1) is 10.9. The molecule has 0 aliphatic carbocycles. The summed E-state index contributed by atoms with van der Waals surface area (Å²) in [6.45, 7) is -0.358. The van der Waals surface area contributed by atoms with Crippen molar-refractivity contribution in [3.05, 3.63) is 0 Å². The van der Waals surface area contributed by atoms with Crippen molar-refractivity contribution in [2.75, 3.05) is 6.54 Å². The van der Waals surface area contributed by atoms with Crippen LogP contribution in [0.3, 0.4) is 0 Å². The second-order valence-electron chi connectivity index (χ2n) is 0.849. The van der Waals surface area contributed by atoms with Crippen LogP contribution in [-0.4, -0.2) is 24.0 Å². The van der Waals surface area contributed by atoms with Crippen molar-refractivity contribution in [2.24, 2.45) is 0 Å². The third-order valence-electron chi connectivity index (χ3n) is 0.312. The molecule has 0 saturated carbocycles. The van der Waals surface area contributed by atoms with Crippen molar-refractivity contribution in [3.8, 4) is 0 Å². The van der Waals surface area contributed by atoms with Crippen LogP contribution >= 0.6 is 0 Å². The van der Waals surface area contributed by atoms with E-state index in [0.717, 1.165) is 0 Å². The predicted molar refractivity (Wildman–Crippen MR) is 21.3 cm³/mol. The Labute approximate surface area is 71.5 Å². The number of hydrogen-bond acceptors (Lipinski definition) is 2. The minimum atomic E-state index is -1.07. The Kier molecular flexibility index (Phi) is 9.62. The summed E-state index contributed by atoms with van der Waals surface area (Å²) in [5, 5.41) is 9.65. The molecule has 0 aromatic heterocycles. The molecule has 40 valence electrons. The number of carbonyl (C=O) groups is 1. The number of aliphatic carboxylic acids is 1. The molecular weight excluding hydrogens is 187 g/mol. The number of carboxylic acid groups (broad SMARTS) is 1. The molecule has 0 aromatic rings. The number of carbonyl (C=O) groups excluding carboxylic acids is 1. The summed E-state index contributed by atoms with van der Waals surface area (Å²) >= 11 is 0. The van der Waals surface area contributed by atoms with Gasteiger partial charge in [-0.1, -0.05) is 0 Å². The fourth-order valence-corrected chi connectivity index (χ4v) is 0.112. The van der Waals surface area contributed by atoms with E-state index in [1.165, 1.54) is 6.41 Å². The number of nitrogens with one attached hydrogen (secondary N) is 1. The van der Waals surface area contributed by atoms with Gasteiger partial charge in [0.2, 0.25) is 0 Å². The molecule has 5 heteroatoms. The molecule has 1 amide bonds. The molecule has 4 nitrogen and oxygen atoms in total. The van der Waals surface area contributed by atoms with Crippen molar-refractivity contribution in [1.29, 1.82) is 0 Å². The molecule has 0 rings (SSSR count). The molecule has 0 spiro atoms. The van der Waals surface area contributed by atoms with E-state index in [1.807, 2.05) is 5.32 Å². The standard InChI is InChI=1S/C3H4NO3.Y/c5-2-4-1-3(6)7;/h1H2,(H,4,5)(H,6,7);/q-1;+3. The van der Waals surface area contributed by atoms with Crippen molar-refractivity contribution in [1.82, 2.24) is 5.32 Å². The average Bonchev–Trinajstić information content (AvgIpc) is 1.61. The van der Waals surface area contributed by atoms with Crippen LogP contribution in [0.1, 0.15) is 0 Å². The number of amides is 1. The van der Waals surface area contributed by atoms with Gasteiger partial charge in [-0.15, -0.1) is 0 Å². The van der Waals surface area contributed by atoms with E-state index in [4.69, 9.17) is 5.11 Å². The number of carboxylic acids is 1. The van der Waals surface area contributed by atoms with E-state index >= 15 is 0 Å². The molecular formula is C3H4NO3Y+2. The van der Waals surface area contributed by atoms with Crippen LogP contribution in [0.15, 0.2) is 0 Å². The van der Waals surface area contributed by atoms with Crippen molar-refractivity contribution in [3.63, 3.8) is 0 Å². The monoisotopic (exact) mass is 191 g/mol. The van der Waals surface area contributed by atoms with E-state index in [9.17, 15) is 9.59 Å². The third kappa shape index (κ3) is 9.40. The number of rotatable bonds is 3. The molecule has 2 N–H and O–H groups in total. The summed E-state index contributed by atoms with van der Waals surface area (Å²) in [6.07, 6.45) is 1.22. The first-order chi connectivity index (χ1) is 3.27. The normalized spacial score (nSPS) is 6.50. The van der Waals surface area contributed by atoms with Gasteiger partial charge in [-0.25, -0.2) is 0 Å². The molecule has 0 fully saturated rings. The van der Waals surface area contributed by atoms with Crippen LogP contribution in [0.5, 0.6) is 0 Å². The van der Waals surface area contributed by atoms with Gasteiger partial charge in [0.1, 0.15) is 0 Å². The zero-order valence-electron chi connectivity index (χ0n) is 4.05. The molecule has 0 unspecified atom stereocenters. The van der Waals surface area contributed by atoms with Gasteiger partial charge in [0, 0.05) is 0 Å². The molecule has 0 heterocycles. The van der Waals surface area contributed by atoms with Crippen LogP contribution in [0.25, 0.3) is 0 Å². The fraction of sp³-hybridized carbons (Fsp3) is 0.333. The van der Waals surface area contributed by atoms with Crippen molar-refractivity contribution in [2.45, 2.75) is 0 Å². The molecule has 0 bridgehead atoms. The molecule has 8 heavy (non-hydrogen) atoms. The van der Waals surface area contributed by atoms with E-state index in [1.54, 1.807) is 0 Å². The molecule has 0 aliphatic heterocycles. The number of hydrogen-bond donors (Lipinski definition) is 2. The van der Waals surface area contributed by atoms with Crippen LogP contribution in [0.4, 0.5) is 0 Å². The van der Waals surface area contributed by atoms with Crippen molar-refractivity contribution >= 4 is 12.4 Å². The Morgan fingerprint density at radius 2 is 2.25 bits per heavy atom. The van der Waals surface area contributed by atoms with E-state index < -0.39 is 5.97 Å². The molecule has 0 aliphatic rings. The largest absolute Gasteiger partial charge is 3.00 e. The van der Waals surface area contributed by atoms with Gasteiger partial charge < -0.3 is 15.2 Å². The first-order valence-corrected chi connectivity index (χ1v) is 1.59. The van der Waals surface area contributed by atoms with Crippen LogP contribution < -0.4 is 5.32 Å². The molecule has 0 aromatic carbocycles. The summed E-state index contributed by atoms with van der Waals surface area (Å²) < 4.78 is 0. The Bertz CT molecular complexity index is 84.6. The molecule has 0 saturated heterocycles. The Hall–Kier alpha value is 0.0439. The van der Waals surface area contributed by atoms with Gasteiger partial charge in [-0.05, 0) is 0 Å². The van der Waals surface area contributed by atoms with E-state index in [-0.39, 0.29) is 39.3 Å². The van der Waals surface area contributed by atoms with Gasteiger partial charge in [-0.2, -0.15) is 6.41 Å². The Morgan fingerprint density at radius 3 is 2.38 bits per heavy atom. The smallest absolute Gasteiger partial charge is 0.521 e. The average molecular weight is 191 g/mol. The minimum Gasteiger partial charge on any atom is -0.521 e. The topological polar surface area (TPSA) is 66.4 Å². The van der Waals surface area contributed by atoms with Gasteiger partial charge in [-0.3, -0.25) is 4.79 Å². The zero-order chi connectivity index (χ0) is 5.70. The second-order valence-corrected chi connectivity index (χ2v) is 0.849. The van der Waals surface area contributed by atoms with Crippen LogP contribution in [-0.2, 0) is 42.3 Å². The zero-order valence-corrected chi connectivity index (χ0v) is 6.89. The first-order valence-electron chi connectivity index (χ1n) is 1.59. The fourth-order valence-electron chi connectivity index (χ4n) is 0.112. The van der Waals surface area contributed by atoms with Crippen LogP contribution in [0, 0.1) is 0 Å². The summed E-state index contributed by atoms with van der Waals surface area (Å²) in [5.74, 6) is -1.07. The maximum Gasteiger partial charge on any atom is 3.00 e. The summed E-state index contributed by atoms with van der Waals surface area (Å²) in [5.41, 5.74) is 0. The molecule has 0 radical (unpaired) electrons. The summed E-state index contributed by atoms with van der Waals surface area (Å²) in [4.78, 5) is 18.7. The maximum absolute atomic E-state index is 9.52. The van der Waals surface area contributed by atoms with Crippen molar-refractivity contribution < 1.29 is 47.4 Å². The van der Waals surface area contributed by atoms with E-state index in [0.29, 0.717) is 0 Å². The molecule has 0 atom stereocenters. The summed E-state index contributed by atoms with van der Waals surface area (Å²) in [7, 11) is 0. The van der Waals surface area contributed by atoms with Gasteiger partial charge in [0.15, 0.2) is 0 Å². The van der Waals surface area contributed by atoms with Gasteiger partial charge >= 0.3 is 38.7 Å². The SMILES string of the molecule is O=[C-]NCC(=O)O.[Y+3]. The Morgan fingerprint density at radius 1 is 1.75 bits per heavy atom. The second kappa shape index (κ2) is 7.04. The van der Waals surface area contributed by atoms with Gasteiger partial charge in [0.05, 0.1) is 6.54 Å². The summed E-state index contributed by atoms with van der Waals surface area (Å²) in [6, 6.07) is 0. The quantitative estimate of drug-likeness (QED) is 0.431. The van der Waals surface area contributed by atoms with E-state index in [2.05, 4.69) is 0 Å². The predicted octanol–water partition coefficient (Wildman–Crippen LogP) is -1.27. The minimum absolute atomic E-state index is 0.